The molecule has 0 saturated carbocycles. The standard InChI is InChI=1S/C8H10O2S/c1-10-11(9)7-8-5-3-2-4-6-8/h2-6H,7H2,1H3/t11-/m0/s1. The molecule has 0 spiro atoms. The summed E-state index contributed by atoms with van der Waals surface area (Å²) in [5.74, 6) is 0.470. The molecule has 0 saturated heterocycles. The highest BCUT2D eigenvalue weighted by atomic mass is 32.2. The summed E-state index contributed by atoms with van der Waals surface area (Å²) < 4.78 is 15.5. The minimum absolute atomic E-state index is 0.470. The first-order chi connectivity index (χ1) is 5.33. The number of hydrogen-bond donors (Lipinski definition) is 0. The highest BCUT2D eigenvalue weighted by molar-refractivity contribution is 7.79. The van der Waals surface area contributed by atoms with Gasteiger partial charge >= 0.3 is 0 Å². The molecule has 0 heterocycles. The summed E-state index contributed by atoms with van der Waals surface area (Å²) in [6.45, 7) is 0. The van der Waals surface area contributed by atoms with Gasteiger partial charge < -0.3 is 0 Å². The van der Waals surface area contributed by atoms with Crippen molar-refractivity contribution in [2.75, 3.05) is 7.11 Å². The highest BCUT2D eigenvalue weighted by Gasteiger charge is 1.97. The summed E-state index contributed by atoms with van der Waals surface area (Å²) in [4.78, 5) is 0. The van der Waals surface area contributed by atoms with Gasteiger partial charge in [-0.05, 0) is 5.56 Å². The molecule has 0 fully saturated rings. The van der Waals surface area contributed by atoms with Gasteiger partial charge in [-0.2, -0.15) is 0 Å². The van der Waals surface area contributed by atoms with E-state index < -0.39 is 11.1 Å². The Balaban J connectivity index is 2.58. The van der Waals surface area contributed by atoms with Crippen molar-refractivity contribution in [3.8, 4) is 0 Å². The van der Waals surface area contributed by atoms with Gasteiger partial charge in [0.2, 0.25) is 0 Å². The van der Waals surface area contributed by atoms with Crippen LogP contribution < -0.4 is 0 Å². The van der Waals surface area contributed by atoms with Crippen molar-refractivity contribution in [1.82, 2.24) is 0 Å². The second-order valence-corrected chi connectivity index (χ2v) is 3.33. The largest absolute Gasteiger partial charge is 0.294 e. The van der Waals surface area contributed by atoms with E-state index in [1.807, 2.05) is 30.3 Å². The smallest absolute Gasteiger partial charge is 0.159 e. The van der Waals surface area contributed by atoms with E-state index in [1.54, 1.807) is 0 Å². The van der Waals surface area contributed by atoms with Gasteiger partial charge in [0.15, 0.2) is 11.1 Å². The highest BCUT2D eigenvalue weighted by Crippen LogP contribution is 2.02. The Kier molecular flexibility index (Phi) is 3.26. The van der Waals surface area contributed by atoms with E-state index in [1.165, 1.54) is 7.11 Å². The molecule has 0 radical (unpaired) electrons. The van der Waals surface area contributed by atoms with Crippen LogP contribution in [0.1, 0.15) is 5.56 Å². The molecular weight excluding hydrogens is 160 g/mol. The van der Waals surface area contributed by atoms with Crippen LogP contribution in [0, 0.1) is 0 Å². The van der Waals surface area contributed by atoms with E-state index in [9.17, 15) is 4.21 Å². The van der Waals surface area contributed by atoms with Gasteiger partial charge in [0.05, 0.1) is 12.9 Å². The third-order valence-electron chi connectivity index (χ3n) is 1.31. The van der Waals surface area contributed by atoms with Gasteiger partial charge in [0.25, 0.3) is 0 Å². The molecule has 0 unspecified atom stereocenters. The normalized spacial score (nSPS) is 12.8. The molecule has 3 heteroatoms. The Morgan fingerprint density at radius 1 is 1.36 bits per heavy atom. The molecule has 0 aliphatic carbocycles. The minimum atomic E-state index is -1.18. The van der Waals surface area contributed by atoms with Crippen molar-refractivity contribution in [2.45, 2.75) is 5.75 Å². The van der Waals surface area contributed by atoms with Crippen LogP contribution in [0.3, 0.4) is 0 Å². The van der Waals surface area contributed by atoms with Crippen LogP contribution >= 0.6 is 0 Å². The fourth-order valence-corrected chi connectivity index (χ4v) is 1.35. The van der Waals surface area contributed by atoms with Gasteiger partial charge in [-0.1, -0.05) is 30.3 Å². The summed E-state index contributed by atoms with van der Waals surface area (Å²) in [7, 11) is 1.44. The maximum atomic E-state index is 10.9. The molecule has 0 aromatic heterocycles. The summed E-state index contributed by atoms with van der Waals surface area (Å²) in [5.41, 5.74) is 1.03. The number of hydrogen-bond acceptors (Lipinski definition) is 2. The average Bonchev–Trinajstić information content (AvgIpc) is 2.06. The van der Waals surface area contributed by atoms with Crippen LogP contribution in [0.15, 0.2) is 30.3 Å². The Hall–Kier alpha value is -0.670. The molecule has 60 valence electrons. The lowest BCUT2D eigenvalue weighted by molar-refractivity contribution is 0.445. The Morgan fingerprint density at radius 2 is 2.00 bits per heavy atom. The Bertz CT molecular complexity index is 233. The van der Waals surface area contributed by atoms with Crippen molar-refractivity contribution < 1.29 is 8.39 Å². The van der Waals surface area contributed by atoms with Crippen molar-refractivity contribution in [3.63, 3.8) is 0 Å². The molecule has 1 atom stereocenters. The molecule has 11 heavy (non-hydrogen) atoms. The molecule has 2 nitrogen and oxygen atoms in total. The van der Waals surface area contributed by atoms with E-state index in [4.69, 9.17) is 0 Å². The molecule has 1 aromatic rings. The number of benzene rings is 1. The minimum Gasteiger partial charge on any atom is -0.294 e. The zero-order chi connectivity index (χ0) is 8.10. The lowest BCUT2D eigenvalue weighted by Gasteiger charge is -1.97. The van der Waals surface area contributed by atoms with Gasteiger partial charge in [0.1, 0.15) is 0 Å². The predicted octanol–water partition coefficient (Wildman–Crippen LogP) is 1.50. The molecule has 0 aliphatic heterocycles. The Labute approximate surface area is 68.9 Å². The predicted molar refractivity (Wildman–Crippen MR) is 45.3 cm³/mol. The molecule has 0 amide bonds. The Morgan fingerprint density at radius 3 is 2.55 bits per heavy atom. The van der Waals surface area contributed by atoms with Gasteiger partial charge in [-0.25, -0.2) is 4.21 Å². The fourth-order valence-electron chi connectivity index (χ4n) is 0.769. The van der Waals surface area contributed by atoms with E-state index in [-0.39, 0.29) is 0 Å². The van der Waals surface area contributed by atoms with E-state index in [0.29, 0.717) is 5.75 Å². The fraction of sp³-hybridized carbons (Fsp3) is 0.250. The van der Waals surface area contributed by atoms with Crippen LogP contribution in [0.25, 0.3) is 0 Å². The molecule has 1 rings (SSSR count). The van der Waals surface area contributed by atoms with Crippen LogP contribution in [0.4, 0.5) is 0 Å². The van der Waals surface area contributed by atoms with E-state index in [2.05, 4.69) is 4.18 Å². The van der Waals surface area contributed by atoms with Crippen molar-refractivity contribution in [2.24, 2.45) is 0 Å². The molecule has 1 aromatic carbocycles. The second kappa shape index (κ2) is 4.26. The number of rotatable bonds is 3. The third-order valence-corrected chi connectivity index (χ3v) is 2.25. The first-order valence-corrected chi connectivity index (χ1v) is 4.54. The molecule has 0 aliphatic rings. The molecule has 0 bridgehead atoms. The lowest BCUT2D eigenvalue weighted by Crippen LogP contribution is -1.95. The van der Waals surface area contributed by atoms with E-state index >= 15 is 0 Å². The monoisotopic (exact) mass is 170 g/mol. The SMILES string of the molecule is CO[S@](=O)Cc1ccccc1. The summed E-state index contributed by atoms with van der Waals surface area (Å²) in [6, 6.07) is 9.62. The second-order valence-electron chi connectivity index (χ2n) is 2.10. The van der Waals surface area contributed by atoms with Crippen LogP contribution in [0.5, 0.6) is 0 Å². The first-order valence-electron chi connectivity index (χ1n) is 3.29. The van der Waals surface area contributed by atoms with Crippen LogP contribution in [-0.4, -0.2) is 11.3 Å². The zero-order valence-electron chi connectivity index (χ0n) is 6.32. The summed E-state index contributed by atoms with van der Waals surface area (Å²) >= 11 is -1.18. The van der Waals surface area contributed by atoms with Crippen molar-refractivity contribution in [1.29, 1.82) is 0 Å². The maximum Gasteiger partial charge on any atom is 0.159 e. The quantitative estimate of drug-likeness (QED) is 0.687. The molecule has 0 N–H and O–H groups in total. The zero-order valence-corrected chi connectivity index (χ0v) is 7.14. The van der Waals surface area contributed by atoms with Crippen LogP contribution in [0.2, 0.25) is 0 Å². The average molecular weight is 170 g/mol. The van der Waals surface area contributed by atoms with Crippen molar-refractivity contribution in [3.05, 3.63) is 35.9 Å². The maximum absolute atomic E-state index is 10.9. The van der Waals surface area contributed by atoms with E-state index in [0.717, 1.165) is 5.56 Å². The lowest BCUT2D eigenvalue weighted by atomic mass is 10.2. The third kappa shape index (κ3) is 2.82. The van der Waals surface area contributed by atoms with Crippen molar-refractivity contribution >= 4 is 11.1 Å². The first kappa shape index (κ1) is 8.43. The van der Waals surface area contributed by atoms with Gasteiger partial charge in [0, 0.05) is 0 Å². The summed E-state index contributed by atoms with van der Waals surface area (Å²) in [6.07, 6.45) is 0. The molecular formula is C8H10O2S. The topological polar surface area (TPSA) is 26.3 Å². The van der Waals surface area contributed by atoms with Gasteiger partial charge in [-0.15, -0.1) is 0 Å². The van der Waals surface area contributed by atoms with Crippen LogP contribution in [-0.2, 0) is 21.0 Å². The summed E-state index contributed by atoms with van der Waals surface area (Å²) in [5, 5.41) is 0. The van der Waals surface area contributed by atoms with Gasteiger partial charge in [-0.3, -0.25) is 4.18 Å².